The summed E-state index contributed by atoms with van der Waals surface area (Å²) in [4.78, 5) is 17.7. The Kier molecular flexibility index (Phi) is 4.01. The lowest BCUT2D eigenvalue weighted by molar-refractivity contribution is -0.136. The van der Waals surface area contributed by atoms with Crippen molar-refractivity contribution in [2.75, 3.05) is 7.11 Å². The Balaban J connectivity index is 2.16. The van der Waals surface area contributed by atoms with E-state index >= 15 is 0 Å². The van der Waals surface area contributed by atoms with E-state index in [0.29, 0.717) is 29.3 Å². The van der Waals surface area contributed by atoms with Gasteiger partial charge < -0.3 is 14.8 Å². The third kappa shape index (κ3) is 3.14. The number of ether oxygens (including phenoxy) is 1. The number of aliphatic carboxylic acids is 1. The summed E-state index contributed by atoms with van der Waals surface area (Å²) in [6, 6.07) is 7.33. The van der Waals surface area contributed by atoms with Crippen LogP contribution in [0.4, 0.5) is 0 Å². The van der Waals surface area contributed by atoms with Crippen LogP contribution in [0.1, 0.15) is 22.6 Å². The van der Waals surface area contributed by atoms with Gasteiger partial charge in [-0.05, 0) is 17.7 Å². The minimum absolute atomic E-state index is 0.0797. The topological polar surface area (TPSA) is 99.0 Å². The van der Waals surface area contributed by atoms with Gasteiger partial charge in [-0.15, -0.1) is 0 Å². The summed E-state index contributed by atoms with van der Waals surface area (Å²) in [6.07, 6.45) is 1.95. The van der Waals surface area contributed by atoms with Crippen molar-refractivity contribution in [3.8, 4) is 11.8 Å². The van der Waals surface area contributed by atoms with Gasteiger partial charge in [-0.1, -0.05) is 6.07 Å². The quantitative estimate of drug-likeness (QED) is 0.858. The maximum atomic E-state index is 10.6. The predicted molar refractivity (Wildman–Crippen MR) is 70.4 cm³/mol. The van der Waals surface area contributed by atoms with E-state index in [1.165, 1.54) is 13.3 Å². The first kappa shape index (κ1) is 13.6. The first-order valence-corrected chi connectivity index (χ1v) is 5.94. The highest BCUT2D eigenvalue weighted by Gasteiger charge is 2.08. The molecule has 1 aromatic heterocycles. The fourth-order valence-corrected chi connectivity index (χ4v) is 1.88. The number of imidazole rings is 1. The number of carboxylic acid groups (broad SMARTS) is 1. The van der Waals surface area contributed by atoms with Crippen molar-refractivity contribution in [1.29, 1.82) is 5.26 Å². The van der Waals surface area contributed by atoms with Crippen molar-refractivity contribution in [3.63, 3.8) is 0 Å². The number of benzene rings is 1. The van der Waals surface area contributed by atoms with Gasteiger partial charge in [-0.3, -0.25) is 4.79 Å². The van der Waals surface area contributed by atoms with Crippen LogP contribution in [0.15, 0.2) is 24.4 Å². The number of nitrogens with zero attached hydrogens (tertiary/aromatic N) is 2. The second-order valence-electron chi connectivity index (χ2n) is 4.25. The van der Waals surface area contributed by atoms with Crippen molar-refractivity contribution in [3.05, 3.63) is 47.0 Å². The van der Waals surface area contributed by atoms with Crippen LogP contribution in [0.3, 0.4) is 0 Å². The number of aromatic amines is 1. The molecule has 1 aromatic carbocycles. The second-order valence-corrected chi connectivity index (χ2v) is 4.25. The van der Waals surface area contributed by atoms with Crippen LogP contribution >= 0.6 is 0 Å². The van der Waals surface area contributed by atoms with Crippen LogP contribution in [0.25, 0.3) is 0 Å². The molecule has 2 aromatic rings. The average molecular weight is 271 g/mol. The summed E-state index contributed by atoms with van der Waals surface area (Å²) in [5.74, 6) is 0.288. The lowest BCUT2D eigenvalue weighted by Gasteiger charge is -2.05. The number of nitrogens with one attached hydrogen (secondary N) is 1. The monoisotopic (exact) mass is 271 g/mol. The number of carbonyl (C=O) groups is 1. The molecule has 0 saturated carbocycles. The number of H-pyrrole nitrogens is 1. The summed E-state index contributed by atoms with van der Waals surface area (Å²) in [5, 5.41) is 17.6. The molecule has 0 aliphatic rings. The van der Waals surface area contributed by atoms with Gasteiger partial charge in [0.05, 0.1) is 19.1 Å². The summed E-state index contributed by atoms with van der Waals surface area (Å²) in [7, 11) is 1.51. The highest BCUT2D eigenvalue weighted by Crippen LogP contribution is 2.20. The van der Waals surface area contributed by atoms with Crippen molar-refractivity contribution in [1.82, 2.24) is 9.97 Å². The molecule has 0 fully saturated rings. The second kappa shape index (κ2) is 5.89. The van der Waals surface area contributed by atoms with Gasteiger partial charge in [-0.2, -0.15) is 5.26 Å². The molecule has 1 heterocycles. The molecule has 0 unspecified atom stereocenters. The van der Waals surface area contributed by atoms with Gasteiger partial charge in [0.15, 0.2) is 0 Å². The SMILES string of the molecule is COc1cc(Cc2ncc(CC(=O)O)[nH]2)ccc1C#N. The van der Waals surface area contributed by atoms with E-state index in [1.54, 1.807) is 12.1 Å². The van der Waals surface area contributed by atoms with E-state index in [9.17, 15) is 4.79 Å². The zero-order valence-electron chi connectivity index (χ0n) is 10.9. The average Bonchev–Trinajstić information content (AvgIpc) is 2.85. The van der Waals surface area contributed by atoms with E-state index in [-0.39, 0.29) is 6.42 Å². The fraction of sp³-hybridized carbons (Fsp3) is 0.214. The minimum Gasteiger partial charge on any atom is -0.495 e. The molecule has 2 N–H and O–H groups in total. The summed E-state index contributed by atoms with van der Waals surface area (Å²) < 4.78 is 5.14. The number of hydrogen-bond acceptors (Lipinski definition) is 4. The maximum Gasteiger partial charge on any atom is 0.309 e. The Bertz CT molecular complexity index is 671. The maximum absolute atomic E-state index is 10.6. The molecule has 0 radical (unpaired) electrons. The molecule has 0 amide bonds. The van der Waals surface area contributed by atoms with Gasteiger partial charge in [0.25, 0.3) is 0 Å². The number of hydrogen-bond donors (Lipinski definition) is 2. The first-order chi connectivity index (χ1) is 9.62. The zero-order valence-corrected chi connectivity index (χ0v) is 10.9. The van der Waals surface area contributed by atoms with Crippen LogP contribution in [0.2, 0.25) is 0 Å². The zero-order chi connectivity index (χ0) is 14.5. The van der Waals surface area contributed by atoms with Crippen molar-refractivity contribution in [2.45, 2.75) is 12.8 Å². The van der Waals surface area contributed by atoms with Gasteiger partial charge >= 0.3 is 5.97 Å². The van der Waals surface area contributed by atoms with Gasteiger partial charge in [0.2, 0.25) is 0 Å². The largest absolute Gasteiger partial charge is 0.495 e. The molecule has 0 atom stereocenters. The molecule has 6 nitrogen and oxygen atoms in total. The molecule has 0 aliphatic carbocycles. The van der Waals surface area contributed by atoms with Crippen molar-refractivity contribution < 1.29 is 14.6 Å². The Labute approximate surface area is 115 Å². The Hall–Kier alpha value is -2.81. The van der Waals surface area contributed by atoms with E-state index in [4.69, 9.17) is 15.1 Å². The van der Waals surface area contributed by atoms with Gasteiger partial charge in [-0.25, -0.2) is 4.98 Å². The van der Waals surface area contributed by atoms with Crippen molar-refractivity contribution in [2.24, 2.45) is 0 Å². The number of methoxy groups -OCH3 is 1. The Morgan fingerprint density at radius 1 is 1.55 bits per heavy atom. The van der Waals surface area contributed by atoms with Gasteiger partial charge in [0.1, 0.15) is 17.6 Å². The third-order valence-electron chi connectivity index (χ3n) is 2.78. The van der Waals surface area contributed by atoms with Crippen LogP contribution in [-0.4, -0.2) is 28.2 Å². The fourth-order valence-electron chi connectivity index (χ4n) is 1.88. The number of carboxylic acids is 1. The van der Waals surface area contributed by atoms with Crippen LogP contribution in [0, 0.1) is 11.3 Å². The third-order valence-corrected chi connectivity index (χ3v) is 2.78. The summed E-state index contributed by atoms with van der Waals surface area (Å²) in [5.41, 5.74) is 1.97. The number of rotatable bonds is 5. The van der Waals surface area contributed by atoms with E-state index in [2.05, 4.69) is 9.97 Å². The standard InChI is InChI=1S/C14H13N3O3/c1-20-12-4-9(2-3-10(12)7-15)5-13-16-8-11(17-13)6-14(18)19/h2-4,8H,5-6H2,1H3,(H,16,17)(H,18,19). The van der Waals surface area contributed by atoms with Crippen LogP contribution < -0.4 is 4.74 Å². The van der Waals surface area contributed by atoms with Crippen LogP contribution in [0.5, 0.6) is 5.75 Å². The molecule has 0 bridgehead atoms. The molecule has 102 valence electrons. The molecular formula is C14H13N3O3. The molecule has 0 aliphatic heterocycles. The smallest absolute Gasteiger partial charge is 0.309 e. The molecule has 0 spiro atoms. The highest BCUT2D eigenvalue weighted by atomic mass is 16.5. The lowest BCUT2D eigenvalue weighted by Crippen LogP contribution is -2.00. The van der Waals surface area contributed by atoms with Crippen LogP contribution in [-0.2, 0) is 17.6 Å². The molecular weight excluding hydrogens is 258 g/mol. The first-order valence-electron chi connectivity index (χ1n) is 5.94. The van der Waals surface area contributed by atoms with E-state index in [0.717, 1.165) is 5.56 Å². The molecule has 6 heteroatoms. The molecule has 20 heavy (non-hydrogen) atoms. The molecule has 2 rings (SSSR count). The summed E-state index contributed by atoms with van der Waals surface area (Å²) in [6.45, 7) is 0. The highest BCUT2D eigenvalue weighted by molar-refractivity contribution is 5.69. The van der Waals surface area contributed by atoms with Crippen molar-refractivity contribution >= 4 is 5.97 Å². The predicted octanol–water partition coefficient (Wildman–Crippen LogP) is 1.51. The van der Waals surface area contributed by atoms with Gasteiger partial charge in [0, 0.05) is 18.3 Å². The Morgan fingerprint density at radius 2 is 2.35 bits per heavy atom. The number of aromatic nitrogens is 2. The molecule has 0 saturated heterocycles. The summed E-state index contributed by atoms with van der Waals surface area (Å²) >= 11 is 0. The normalized spacial score (nSPS) is 10.0. The van der Waals surface area contributed by atoms with E-state index in [1.807, 2.05) is 12.1 Å². The Morgan fingerprint density at radius 3 is 3.00 bits per heavy atom. The van der Waals surface area contributed by atoms with E-state index < -0.39 is 5.97 Å². The minimum atomic E-state index is -0.903. The lowest BCUT2D eigenvalue weighted by atomic mass is 10.1. The number of nitriles is 1.